The summed E-state index contributed by atoms with van der Waals surface area (Å²) in [6.45, 7) is 9.78. The molecule has 0 bridgehead atoms. The highest BCUT2D eigenvalue weighted by Gasteiger charge is 2.22. The Hall–Kier alpha value is -3.19. The van der Waals surface area contributed by atoms with E-state index in [2.05, 4.69) is 52.8 Å². The number of anilines is 1. The predicted molar refractivity (Wildman–Crippen MR) is 130 cm³/mol. The minimum Gasteiger partial charge on any atom is -0.325 e. The number of fused-ring (bicyclic) bond motifs is 3. The molecule has 0 radical (unpaired) electrons. The zero-order valence-electron chi connectivity index (χ0n) is 18.9. The normalized spacial score (nSPS) is 12.3. The van der Waals surface area contributed by atoms with Crippen molar-refractivity contribution in [1.29, 1.82) is 0 Å². The van der Waals surface area contributed by atoms with Gasteiger partial charge in [0, 0.05) is 16.6 Å². The minimum absolute atomic E-state index is 0.00324. The van der Waals surface area contributed by atoms with Crippen molar-refractivity contribution in [2.45, 2.75) is 51.4 Å². The first kappa shape index (κ1) is 22.0. The van der Waals surface area contributed by atoms with Gasteiger partial charge in [0.05, 0.1) is 10.8 Å². The van der Waals surface area contributed by atoms with Crippen LogP contribution in [0.25, 0.3) is 16.6 Å². The summed E-state index contributed by atoms with van der Waals surface area (Å²) >= 11 is 1.42. The molecule has 0 saturated carbocycles. The second-order valence-corrected chi connectivity index (χ2v) is 9.29. The van der Waals surface area contributed by atoms with Gasteiger partial charge in [0.2, 0.25) is 5.91 Å². The number of nitrogens with zero attached hydrogens (tertiary/aromatic N) is 3. The van der Waals surface area contributed by atoms with E-state index in [0.717, 1.165) is 22.3 Å². The molecule has 4 aromatic rings. The number of ketones is 1. The molecule has 32 heavy (non-hydrogen) atoms. The first-order valence-electron chi connectivity index (χ1n) is 10.6. The number of carbonyl (C=O) groups excluding carboxylic acids is 2. The predicted octanol–water partition coefficient (Wildman–Crippen LogP) is 5.52. The second kappa shape index (κ2) is 8.74. The number of pyridine rings is 1. The summed E-state index contributed by atoms with van der Waals surface area (Å²) in [6, 6.07) is 13.3. The summed E-state index contributed by atoms with van der Waals surface area (Å²) in [5.74, 6) is -0.106. The smallest absolute Gasteiger partial charge is 0.237 e. The molecule has 1 amide bonds. The molecular formula is C25H26N4O2S. The van der Waals surface area contributed by atoms with E-state index in [9.17, 15) is 9.59 Å². The molecule has 7 heteroatoms. The fourth-order valence-electron chi connectivity index (χ4n) is 3.95. The SMILES string of the molecule is CCC(Sc1nnc2cc(C)c3cc(C)cc(C)c3n12)C(=O)Nc1ccc(C(C)=O)cc1. The zero-order valence-corrected chi connectivity index (χ0v) is 19.7. The molecule has 2 heterocycles. The van der Waals surface area contributed by atoms with E-state index in [1.807, 2.05) is 13.0 Å². The number of rotatable bonds is 6. The van der Waals surface area contributed by atoms with E-state index in [1.54, 1.807) is 24.3 Å². The van der Waals surface area contributed by atoms with Crippen LogP contribution in [0.2, 0.25) is 0 Å². The lowest BCUT2D eigenvalue weighted by atomic mass is 10.0. The number of carbonyl (C=O) groups is 2. The van der Waals surface area contributed by atoms with Gasteiger partial charge in [0.25, 0.3) is 0 Å². The summed E-state index contributed by atoms with van der Waals surface area (Å²) in [4.78, 5) is 24.5. The highest BCUT2D eigenvalue weighted by molar-refractivity contribution is 8.00. The Balaban J connectivity index is 1.66. The maximum absolute atomic E-state index is 13.0. The van der Waals surface area contributed by atoms with Crippen molar-refractivity contribution in [1.82, 2.24) is 14.6 Å². The van der Waals surface area contributed by atoms with Crippen LogP contribution in [0, 0.1) is 20.8 Å². The van der Waals surface area contributed by atoms with Gasteiger partial charge >= 0.3 is 0 Å². The van der Waals surface area contributed by atoms with Crippen LogP contribution in [0.15, 0.2) is 47.6 Å². The van der Waals surface area contributed by atoms with Crippen LogP contribution in [0.3, 0.4) is 0 Å². The Kier molecular flexibility index (Phi) is 6.02. The van der Waals surface area contributed by atoms with E-state index in [1.165, 1.54) is 29.6 Å². The molecule has 1 unspecified atom stereocenters. The highest BCUT2D eigenvalue weighted by Crippen LogP contribution is 2.31. The lowest BCUT2D eigenvalue weighted by Gasteiger charge is -2.15. The van der Waals surface area contributed by atoms with Gasteiger partial charge in [-0.2, -0.15) is 0 Å². The van der Waals surface area contributed by atoms with Crippen LogP contribution in [-0.4, -0.2) is 31.5 Å². The first-order valence-corrected chi connectivity index (χ1v) is 11.5. The minimum atomic E-state index is -0.336. The monoisotopic (exact) mass is 446 g/mol. The fourth-order valence-corrected chi connectivity index (χ4v) is 4.92. The van der Waals surface area contributed by atoms with Crippen molar-refractivity contribution in [2.24, 2.45) is 0 Å². The van der Waals surface area contributed by atoms with E-state index >= 15 is 0 Å². The maximum Gasteiger partial charge on any atom is 0.237 e. The third-order valence-electron chi connectivity index (χ3n) is 5.57. The molecule has 1 N–H and O–H groups in total. The molecule has 0 aliphatic heterocycles. The highest BCUT2D eigenvalue weighted by atomic mass is 32.2. The average Bonchev–Trinajstić information content (AvgIpc) is 3.14. The Labute approximate surface area is 191 Å². The molecule has 0 saturated heterocycles. The van der Waals surface area contributed by atoms with Gasteiger partial charge in [-0.25, -0.2) is 0 Å². The molecule has 0 aliphatic rings. The number of amides is 1. The van der Waals surface area contributed by atoms with Crippen LogP contribution in [0.4, 0.5) is 5.69 Å². The summed E-state index contributed by atoms with van der Waals surface area (Å²) in [7, 11) is 0. The number of nitrogens with one attached hydrogen (secondary N) is 1. The van der Waals surface area contributed by atoms with Gasteiger partial charge in [-0.15, -0.1) is 10.2 Å². The van der Waals surface area contributed by atoms with Crippen molar-refractivity contribution in [3.05, 3.63) is 64.7 Å². The largest absolute Gasteiger partial charge is 0.325 e. The Morgan fingerprint density at radius 1 is 1.03 bits per heavy atom. The molecule has 0 spiro atoms. The quantitative estimate of drug-likeness (QED) is 0.312. The second-order valence-electron chi connectivity index (χ2n) is 8.12. The Morgan fingerprint density at radius 3 is 2.41 bits per heavy atom. The number of thioether (sulfide) groups is 1. The van der Waals surface area contributed by atoms with Crippen molar-refractivity contribution < 1.29 is 9.59 Å². The van der Waals surface area contributed by atoms with Crippen LogP contribution in [-0.2, 0) is 4.79 Å². The molecule has 6 nitrogen and oxygen atoms in total. The van der Waals surface area contributed by atoms with Crippen molar-refractivity contribution in [3.63, 3.8) is 0 Å². The molecule has 164 valence electrons. The van der Waals surface area contributed by atoms with Crippen LogP contribution >= 0.6 is 11.8 Å². The van der Waals surface area contributed by atoms with Crippen molar-refractivity contribution >= 4 is 45.7 Å². The van der Waals surface area contributed by atoms with E-state index in [-0.39, 0.29) is 16.9 Å². The summed E-state index contributed by atoms with van der Waals surface area (Å²) in [5, 5.41) is 13.3. The first-order chi connectivity index (χ1) is 15.3. The number of aromatic nitrogens is 3. The van der Waals surface area contributed by atoms with Gasteiger partial charge in [-0.05, 0) is 81.6 Å². The van der Waals surface area contributed by atoms with E-state index in [4.69, 9.17) is 0 Å². The third-order valence-corrected chi connectivity index (χ3v) is 6.87. The maximum atomic E-state index is 13.0. The molecule has 0 fully saturated rings. The average molecular weight is 447 g/mol. The molecule has 2 aromatic heterocycles. The summed E-state index contributed by atoms with van der Waals surface area (Å²) in [5.41, 5.74) is 6.65. The number of Topliss-reactive ketones (excluding diaryl/α,β-unsaturated/α-hetero) is 1. The van der Waals surface area contributed by atoms with E-state index in [0.29, 0.717) is 22.8 Å². The molecule has 1 atom stereocenters. The van der Waals surface area contributed by atoms with Gasteiger partial charge in [-0.1, -0.05) is 30.3 Å². The summed E-state index contributed by atoms with van der Waals surface area (Å²) in [6.07, 6.45) is 0.638. The van der Waals surface area contributed by atoms with Crippen molar-refractivity contribution in [2.75, 3.05) is 5.32 Å². The lowest BCUT2D eigenvalue weighted by Crippen LogP contribution is -2.24. The standard InChI is InChI=1S/C25H26N4O2S/c1-6-21(24(31)26-19-9-7-18(8-10-19)17(5)30)32-25-28-27-22-13-15(3)20-12-14(2)11-16(4)23(20)29(22)25/h7-13,21H,6H2,1-5H3,(H,26,31). The van der Waals surface area contributed by atoms with Gasteiger partial charge in [0.1, 0.15) is 0 Å². The van der Waals surface area contributed by atoms with Gasteiger partial charge in [-0.3, -0.25) is 14.0 Å². The van der Waals surface area contributed by atoms with Crippen LogP contribution in [0.1, 0.15) is 47.3 Å². The van der Waals surface area contributed by atoms with Gasteiger partial charge in [0.15, 0.2) is 16.6 Å². The van der Waals surface area contributed by atoms with Crippen LogP contribution in [0.5, 0.6) is 0 Å². The summed E-state index contributed by atoms with van der Waals surface area (Å²) < 4.78 is 2.05. The molecule has 4 rings (SSSR count). The van der Waals surface area contributed by atoms with E-state index < -0.39 is 0 Å². The lowest BCUT2D eigenvalue weighted by molar-refractivity contribution is -0.115. The Bertz CT molecular complexity index is 1340. The molecular weight excluding hydrogens is 420 g/mol. The number of hydrogen-bond donors (Lipinski definition) is 1. The zero-order chi connectivity index (χ0) is 23.0. The topological polar surface area (TPSA) is 76.4 Å². The fraction of sp³-hybridized carbons (Fsp3) is 0.280. The third kappa shape index (κ3) is 4.12. The Morgan fingerprint density at radius 2 is 1.75 bits per heavy atom. The van der Waals surface area contributed by atoms with Crippen molar-refractivity contribution in [3.8, 4) is 0 Å². The van der Waals surface area contributed by atoms with Crippen LogP contribution < -0.4 is 5.32 Å². The number of aryl methyl sites for hydroxylation is 3. The number of hydrogen-bond acceptors (Lipinski definition) is 5. The van der Waals surface area contributed by atoms with Gasteiger partial charge < -0.3 is 5.32 Å². The molecule has 0 aliphatic carbocycles. The number of benzene rings is 2. The molecule has 2 aromatic carbocycles.